The molecule has 0 spiro atoms. The summed E-state index contributed by atoms with van der Waals surface area (Å²) < 4.78 is 0. The van der Waals surface area contributed by atoms with E-state index in [9.17, 15) is 4.79 Å². The van der Waals surface area contributed by atoms with Gasteiger partial charge in [0.15, 0.2) is 0 Å². The van der Waals surface area contributed by atoms with Crippen molar-refractivity contribution in [3.8, 4) is 0 Å². The molecule has 1 amide bonds. The summed E-state index contributed by atoms with van der Waals surface area (Å²) >= 11 is 0. The first-order valence-corrected chi connectivity index (χ1v) is 6.15. The minimum atomic E-state index is 0.115. The largest absolute Gasteiger partial charge is 0.378 e. The molecule has 92 valence electrons. The molecule has 1 atom stereocenters. The Hall–Kier alpha value is -1.51. The van der Waals surface area contributed by atoms with E-state index in [0.717, 1.165) is 17.9 Å². The molecule has 1 N–H and O–H groups in total. The second-order valence-electron chi connectivity index (χ2n) is 5.09. The number of benzene rings is 1. The monoisotopic (exact) mass is 232 g/mol. The van der Waals surface area contributed by atoms with Crippen molar-refractivity contribution in [1.82, 2.24) is 0 Å². The Morgan fingerprint density at radius 1 is 1.47 bits per heavy atom. The number of fused-ring (bicyclic) bond motifs is 1. The lowest BCUT2D eigenvalue weighted by Crippen LogP contribution is -2.46. The van der Waals surface area contributed by atoms with E-state index in [0.29, 0.717) is 12.0 Å². The van der Waals surface area contributed by atoms with Gasteiger partial charge in [0.25, 0.3) is 0 Å². The fourth-order valence-corrected chi connectivity index (χ4v) is 2.27. The van der Waals surface area contributed by atoms with Crippen molar-refractivity contribution in [2.75, 3.05) is 16.8 Å². The Balaban J connectivity index is 2.45. The van der Waals surface area contributed by atoms with Crippen LogP contribution in [0.5, 0.6) is 0 Å². The van der Waals surface area contributed by atoms with Crippen LogP contribution in [0.25, 0.3) is 0 Å². The van der Waals surface area contributed by atoms with Crippen LogP contribution in [0, 0.1) is 12.8 Å². The molecule has 2 rings (SSSR count). The molecule has 0 saturated carbocycles. The Kier molecular flexibility index (Phi) is 3.09. The average molecular weight is 232 g/mol. The van der Waals surface area contributed by atoms with Crippen molar-refractivity contribution in [3.05, 3.63) is 23.8 Å². The number of rotatable bonds is 1. The highest BCUT2D eigenvalue weighted by Gasteiger charge is 2.28. The topological polar surface area (TPSA) is 32.3 Å². The van der Waals surface area contributed by atoms with E-state index in [-0.39, 0.29) is 5.91 Å². The van der Waals surface area contributed by atoms with Gasteiger partial charge in [-0.2, -0.15) is 0 Å². The summed E-state index contributed by atoms with van der Waals surface area (Å²) in [6, 6.07) is 6.41. The molecule has 0 bridgehead atoms. The summed E-state index contributed by atoms with van der Waals surface area (Å²) in [5.41, 5.74) is 3.31. The Bertz CT molecular complexity index is 440. The number of amides is 1. The molecular formula is C14H20N2O. The second-order valence-corrected chi connectivity index (χ2v) is 5.09. The third-order valence-electron chi connectivity index (χ3n) is 3.44. The number of aryl methyl sites for hydroxylation is 1. The van der Waals surface area contributed by atoms with Gasteiger partial charge in [0.05, 0.1) is 11.4 Å². The normalized spacial score (nSPS) is 18.9. The number of nitrogens with zero attached hydrogens (tertiary/aromatic N) is 1. The fourth-order valence-electron chi connectivity index (χ4n) is 2.27. The van der Waals surface area contributed by atoms with Crippen LogP contribution in [0.3, 0.4) is 0 Å². The van der Waals surface area contributed by atoms with E-state index in [1.54, 1.807) is 6.92 Å². The highest BCUT2D eigenvalue weighted by atomic mass is 16.2. The Morgan fingerprint density at radius 3 is 2.76 bits per heavy atom. The third kappa shape index (κ3) is 2.14. The molecule has 17 heavy (non-hydrogen) atoms. The molecule has 1 heterocycles. The summed E-state index contributed by atoms with van der Waals surface area (Å²) in [5.74, 6) is 0.619. The van der Waals surface area contributed by atoms with Crippen molar-refractivity contribution in [2.24, 2.45) is 5.92 Å². The average Bonchev–Trinajstić information content (AvgIpc) is 2.28. The van der Waals surface area contributed by atoms with Gasteiger partial charge in [-0.05, 0) is 24.5 Å². The van der Waals surface area contributed by atoms with Gasteiger partial charge in [0.1, 0.15) is 0 Å². The summed E-state index contributed by atoms with van der Waals surface area (Å²) in [7, 11) is 0. The van der Waals surface area contributed by atoms with Crippen molar-refractivity contribution in [3.63, 3.8) is 0 Å². The molecule has 3 nitrogen and oxygen atoms in total. The third-order valence-corrected chi connectivity index (χ3v) is 3.44. The Morgan fingerprint density at radius 2 is 2.18 bits per heavy atom. The van der Waals surface area contributed by atoms with E-state index in [2.05, 4.69) is 32.2 Å². The number of carbonyl (C=O) groups excluding carboxylic acids is 1. The Labute approximate surface area is 103 Å². The van der Waals surface area contributed by atoms with Crippen LogP contribution >= 0.6 is 0 Å². The van der Waals surface area contributed by atoms with Gasteiger partial charge in [-0.25, -0.2) is 0 Å². The van der Waals surface area contributed by atoms with E-state index in [4.69, 9.17) is 0 Å². The zero-order valence-electron chi connectivity index (χ0n) is 10.9. The van der Waals surface area contributed by atoms with Gasteiger partial charge < -0.3 is 10.2 Å². The van der Waals surface area contributed by atoms with Crippen molar-refractivity contribution >= 4 is 17.3 Å². The SMILES string of the molecule is CC(=O)N1C[C@H](C(C)C)Nc2c(C)cccc21. The predicted molar refractivity (Wildman–Crippen MR) is 71.5 cm³/mol. The first-order valence-electron chi connectivity index (χ1n) is 6.15. The lowest BCUT2D eigenvalue weighted by molar-refractivity contribution is -0.116. The van der Waals surface area contributed by atoms with Crippen LogP contribution in [-0.4, -0.2) is 18.5 Å². The van der Waals surface area contributed by atoms with Crippen LogP contribution in [0.1, 0.15) is 26.3 Å². The molecule has 1 aliphatic rings. The number of para-hydroxylation sites is 1. The van der Waals surface area contributed by atoms with Crippen LogP contribution < -0.4 is 10.2 Å². The van der Waals surface area contributed by atoms with E-state index in [1.807, 2.05) is 17.0 Å². The smallest absolute Gasteiger partial charge is 0.223 e. The number of nitrogens with one attached hydrogen (secondary N) is 1. The van der Waals surface area contributed by atoms with Crippen molar-refractivity contribution in [2.45, 2.75) is 33.7 Å². The van der Waals surface area contributed by atoms with E-state index in [1.165, 1.54) is 5.56 Å². The predicted octanol–water partition coefficient (Wildman–Crippen LogP) is 2.80. The maximum absolute atomic E-state index is 11.7. The molecule has 0 aromatic heterocycles. The molecule has 0 radical (unpaired) electrons. The maximum Gasteiger partial charge on any atom is 0.223 e. The standard InChI is InChI=1S/C14H20N2O/c1-9(2)12-8-16(11(4)17)13-7-5-6-10(3)14(13)15-12/h5-7,9,12,15H,8H2,1-4H3/t12-/m1/s1. The molecule has 1 aromatic rings. The molecule has 0 fully saturated rings. The van der Waals surface area contributed by atoms with E-state index >= 15 is 0 Å². The van der Waals surface area contributed by atoms with Gasteiger partial charge in [-0.15, -0.1) is 0 Å². The summed E-state index contributed by atoms with van der Waals surface area (Å²) in [6.45, 7) is 8.82. The zero-order chi connectivity index (χ0) is 12.6. The van der Waals surface area contributed by atoms with Crippen LogP contribution in [-0.2, 0) is 4.79 Å². The van der Waals surface area contributed by atoms with Crippen molar-refractivity contribution < 1.29 is 4.79 Å². The number of hydrogen-bond acceptors (Lipinski definition) is 2. The van der Waals surface area contributed by atoms with Gasteiger partial charge in [0.2, 0.25) is 5.91 Å². The minimum absolute atomic E-state index is 0.115. The van der Waals surface area contributed by atoms with Gasteiger partial charge in [0, 0.05) is 19.5 Å². The molecule has 1 aliphatic heterocycles. The second kappa shape index (κ2) is 4.40. The molecule has 0 unspecified atom stereocenters. The van der Waals surface area contributed by atoms with Crippen LogP contribution in [0.4, 0.5) is 11.4 Å². The van der Waals surface area contributed by atoms with Crippen molar-refractivity contribution in [1.29, 1.82) is 0 Å². The fraction of sp³-hybridized carbons (Fsp3) is 0.500. The lowest BCUT2D eigenvalue weighted by atomic mass is 9.98. The molecule has 0 saturated heterocycles. The lowest BCUT2D eigenvalue weighted by Gasteiger charge is -2.38. The van der Waals surface area contributed by atoms with Crippen LogP contribution in [0.15, 0.2) is 18.2 Å². The zero-order valence-corrected chi connectivity index (χ0v) is 10.9. The van der Waals surface area contributed by atoms with Gasteiger partial charge >= 0.3 is 0 Å². The molecule has 0 aliphatic carbocycles. The first-order chi connectivity index (χ1) is 8.00. The van der Waals surface area contributed by atoms with Gasteiger partial charge in [-0.1, -0.05) is 26.0 Å². The number of anilines is 2. The first kappa shape index (κ1) is 12.0. The van der Waals surface area contributed by atoms with Gasteiger partial charge in [-0.3, -0.25) is 4.79 Å². The summed E-state index contributed by atoms with van der Waals surface area (Å²) in [4.78, 5) is 13.6. The van der Waals surface area contributed by atoms with E-state index < -0.39 is 0 Å². The maximum atomic E-state index is 11.7. The summed E-state index contributed by atoms with van der Waals surface area (Å²) in [6.07, 6.45) is 0. The molecule has 1 aromatic carbocycles. The highest BCUT2D eigenvalue weighted by molar-refractivity contribution is 5.97. The summed E-state index contributed by atoms with van der Waals surface area (Å²) in [5, 5.41) is 3.56. The number of carbonyl (C=O) groups is 1. The number of hydrogen-bond donors (Lipinski definition) is 1. The molecule has 3 heteroatoms. The highest BCUT2D eigenvalue weighted by Crippen LogP contribution is 2.34. The quantitative estimate of drug-likeness (QED) is 0.807. The molecular weight excluding hydrogens is 212 g/mol. The van der Waals surface area contributed by atoms with Crippen LogP contribution in [0.2, 0.25) is 0 Å². The minimum Gasteiger partial charge on any atom is -0.378 e.